The molecule has 2 heteroatoms. The Labute approximate surface area is 127 Å². The SMILES string of the molecule is CN(C)CCc1ccccc1N=C/C=C/c1ccccc1. The molecule has 0 saturated heterocycles. The van der Waals surface area contributed by atoms with Crippen LogP contribution in [0.4, 0.5) is 5.69 Å². The number of benzene rings is 2. The van der Waals surface area contributed by atoms with E-state index in [9.17, 15) is 0 Å². The number of nitrogens with zero attached hydrogens (tertiary/aromatic N) is 2. The van der Waals surface area contributed by atoms with Crippen molar-refractivity contribution in [1.29, 1.82) is 0 Å². The maximum absolute atomic E-state index is 4.57. The Kier molecular flexibility index (Phi) is 5.92. The van der Waals surface area contributed by atoms with Gasteiger partial charge < -0.3 is 4.90 Å². The highest BCUT2D eigenvalue weighted by Gasteiger charge is 2.00. The number of rotatable bonds is 6. The minimum absolute atomic E-state index is 1.02. The van der Waals surface area contributed by atoms with E-state index in [1.807, 2.05) is 36.6 Å². The fraction of sp³-hybridized carbons (Fsp3) is 0.211. The highest BCUT2D eigenvalue weighted by molar-refractivity contribution is 5.80. The van der Waals surface area contributed by atoms with Crippen molar-refractivity contribution in [3.63, 3.8) is 0 Å². The molecule has 0 aliphatic rings. The molecule has 0 fully saturated rings. The van der Waals surface area contributed by atoms with Crippen LogP contribution in [-0.2, 0) is 6.42 Å². The van der Waals surface area contributed by atoms with E-state index in [4.69, 9.17) is 0 Å². The lowest BCUT2D eigenvalue weighted by Gasteiger charge is -2.10. The quantitative estimate of drug-likeness (QED) is 0.723. The standard InChI is InChI=1S/C19H22N2/c1-21(2)16-14-18-12-6-7-13-19(18)20-15-8-11-17-9-4-3-5-10-17/h3-13,15H,14,16H2,1-2H3/b11-8+,20-15?. The molecule has 0 aliphatic heterocycles. The number of likely N-dealkylation sites (N-methyl/N-ethyl adjacent to an activating group) is 1. The van der Waals surface area contributed by atoms with Crippen LogP contribution in [0.2, 0.25) is 0 Å². The van der Waals surface area contributed by atoms with Gasteiger partial charge in [-0.2, -0.15) is 0 Å². The Balaban J connectivity index is 2.02. The summed E-state index contributed by atoms with van der Waals surface area (Å²) in [4.78, 5) is 6.76. The fourth-order valence-electron chi connectivity index (χ4n) is 2.03. The number of allylic oxidation sites excluding steroid dienone is 1. The van der Waals surface area contributed by atoms with Crippen LogP contribution in [-0.4, -0.2) is 31.8 Å². The molecule has 0 amide bonds. The van der Waals surface area contributed by atoms with Gasteiger partial charge in [0.25, 0.3) is 0 Å². The Bertz CT molecular complexity index is 598. The van der Waals surface area contributed by atoms with Gasteiger partial charge in [-0.1, -0.05) is 54.6 Å². The van der Waals surface area contributed by atoms with Crippen LogP contribution in [0, 0.1) is 0 Å². The summed E-state index contributed by atoms with van der Waals surface area (Å²) in [5, 5.41) is 0. The van der Waals surface area contributed by atoms with Gasteiger partial charge in [-0.3, -0.25) is 4.99 Å². The second kappa shape index (κ2) is 8.18. The Morgan fingerprint density at radius 3 is 2.43 bits per heavy atom. The van der Waals surface area contributed by atoms with Gasteiger partial charge in [-0.05, 0) is 43.8 Å². The van der Waals surface area contributed by atoms with Crippen LogP contribution in [0.25, 0.3) is 6.08 Å². The first-order chi connectivity index (χ1) is 10.3. The van der Waals surface area contributed by atoms with E-state index in [1.165, 1.54) is 11.1 Å². The average Bonchev–Trinajstić information content (AvgIpc) is 2.51. The predicted octanol–water partition coefficient (Wildman–Crippen LogP) is 4.21. The van der Waals surface area contributed by atoms with Crippen molar-refractivity contribution in [2.45, 2.75) is 6.42 Å². The number of para-hydroxylation sites is 1. The minimum atomic E-state index is 1.02. The van der Waals surface area contributed by atoms with Crippen molar-refractivity contribution in [1.82, 2.24) is 4.90 Å². The lowest BCUT2D eigenvalue weighted by atomic mass is 10.1. The van der Waals surface area contributed by atoms with Gasteiger partial charge in [0.15, 0.2) is 0 Å². The topological polar surface area (TPSA) is 15.6 Å². The Morgan fingerprint density at radius 1 is 0.952 bits per heavy atom. The van der Waals surface area contributed by atoms with Crippen LogP contribution >= 0.6 is 0 Å². The maximum atomic E-state index is 4.57. The molecule has 0 atom stereocenters. The first kappa shape index (κ1) is 15.2. The summed E-state index contributed by atoms with van der Waals surface area (Å²) < 4.78 is 0. The fourth-order valence-corrected chi connectivity index (χ4v) is 2.03. The molecule has 21 heavy (non-hydrogen) atoms. The van der Waals surface area contributed by atoms with Crippen LogP contribution in [0.5, 0.6) is 0 Å². The van der Waals surface area contributed by atoms with E-state index in [0.717, 1.165) is 18.7 Å². The smallest absolute Gasteiger partial charge is 0.0662 e. The van der Waals surface area contributed by atoms with E-state index in [0.29, 0.717) is 0 Å². The molecule has 0 radical (unpaired) electrons. The number of hydrogen-bond donors (Lipinski definition) is 0. The minimum Gasteiger partial charge on any atom is -0.309 e. The van der Waals surface area contributed by atoms with Gasteiger partial charge in [-0.15, -0.1) is 0 Å². The molecule has 108 valence electrons. The van der Waals surface area contributed by atoms with Crippen LogP contribution < -0.4 is 0 Å². The summed E-state index contributed by atoms with van der Waals surface area (Å²) in [6.07, 6.45) is 6.92. The van der Waals surface area contributed by atoms with Gasteiger partial charge in [0.2, 0.25) is 0 Å². The van der Waals surface area contributed by atoms with Gasteiger partial charge in [0.05, 0.1) is 5.69 Å². The lowest BCUT2D eigenvalue weighted by Crippen LogP contribution is -2.15. The highest BCUT2D eigenvalue weighted by atomic mass is 15.0. The van der Waals surface area contributed by atoms with Crippen LogP contribution in [0.3, 0.4) is 0 Å². The molecular formula is C19H22N2. The predicted molar refractivity (Wildman–Crippen MR) is 92.3 cm³/mol. The zero-order chi connectivity index (χ0) is 14.9. The van der Waals surface area contributed by atoms with Crippen molar-refractivity contribution in [2.24, 2.45) is 4.99 Å². The molecular weight excluding hydrogens is 256 g/mol. The third kappa shape index (κ3) is 5.36. The summed E-state index contributed by atoms with van der Waals surface area (Å²) >= 11 is 0. The molecule has 2 nitrogen and oxygen atoms in total. The van der Waals surface area contributed by atoms with E-state index in [2.05, 4.69) is 60.4 Å². The van der Waals surface area contributed by atoms with E-state index < -0.39 is 0 Å². The van der Waals surface area contributed by atoms with Gasteiger partial charge in [0.1, 0.15) is 0 Å². The molecule has 0 spiro atoms. The maximum Gasteiger partial charge on any atom is 0.0662 e. The second-order valence-electron chi connectivity index (χ2n) is 5.23. The van der Waals surface area contributed by atoms with Crippen molar-refractivity contribution >= 4 is 18.0 Å². The molecule has 2 aromatic carbocycles. The Hall–Kier alpha value is -2.19. The molecule has 0 aromatic heterocycles. The van der Waals surface area contributed by atoms with Gasteiger partial charge in [0, 0.05) is 12.8 Å². The molecule has 0 heterocycles. The van der Waals surface area contributed by atoms with Crippen LogP contribution in [0.15, 0.2) is 65.7 Å². The first-order valence-corrected chi connectivity index (χ1v) is 7.24. The summed E-state index contributed by atoms with van der Waals surface area (Å²) in [6.45, 7) is 1.03. The molecule has 0 N–H and O–H groups in total. The first-order valence-electron chi connectivity index (χ1n) is 7.24. The summed E-state index contributed by atoms with van der Waals surface area (Å²) in [7, 11) is 4.18. The number of hydrogen-bond acceptors (Lipinski definition) is 2. The van der Waals surface area contributed by atoms with E-state index >= 15 is 0 Å². The van der Waals surface area contributed by atoms with Crippen molar-refractivity contribution in [3.05, 3.63) is 71.8 Å². The van der Waals surface area contributed by atoms with Gasteiger partial charge >= 0.3 is 0 Å². The Morgan fingerprint density at radius 2 is 1.67 bits per heavy atom. The van der Waals surface area contributed by atoms with E-state index in [-0.39, 0.29) is 0 Å². The third-order valence-corrected chi connectivity index (χ3v) is 3.21. The number of aliphatic imine (C=N–C) groups is 1. The molecule has 0 unspecified atom stereocenters. The normalized spacial score (nSPS) is 11.8. The van der Waals surface area contributed by atoms with Crippen molar-refractivity contribution in [3.8, 4) is 0 Å². The monoisotopic (exact) mass is 278 g/mol. The summed E-state index contributed by atoms with van der Waals surface area (Å²) in [5.41, 5.74) is 3.53. The molecule has 2 aromatic rings. The van der Waals surface area contributed by atoms with Gasteiger partial charge in [-0.25, -0.2) is 0 Å². The molecule has 0 bridgehead atoms. The zero-order valence-electron chi connectivity index (χ0n) is 12.7. The van der Waals surface area contributed by atoms with Crippen molar-refractivity contribution in [2.75, 3.05) is 20.6 Å². The lowest BCUT2D eigenvalue weighted by molar-refractivity contribution is 0.414. The molecule has 0 aliphatic carbocycles. The molecule has 0 saturated carbocycles. The largest absolute Gasteiger partial charge is 0.309 e. The summed E-state index contributed by atoms with van der Waals surface area (Å²) in [5.74, 6) is 0. The average molecular weight is 278 g/mol. The molecule has 2 rings (SSSR count). The van der Waals surface area contributed by atoms with Crippen molar-refractivity contribution < 1.29 is 0 Å². The highest BCUT2D eigenvalue weighted by Crippen LogP contribution is 2.18. The zero-order valence-corrected chi connectivity index (χ0v) is 12.7. The second-order valence-corrected chi connectivity index (χ2v) is 5.23. The van der Waals surface area contributed by atoms with Crippen LogP contribution in [0.1, 0.15) is 11.1 Å². The summed E-state index contributed by atoms with van der Waals surface area (Å²) in [6, 6.07) is 18.6. The third-order valence-electron chi connectivity index (χ3n) is 3.21. The van der Waals surface area contributed by atoms with E-state index in [1.54, 1.807) is 0 Å².